The molecule has 1 aromatic heterocycles. The summed E-state index contributed by atoms with van der Waals surface area (Å²) in [6, 6.07) is 0. The molecule has 0 bridgehead atoms. The number of esters is 1. The zero-order chi connectivity index (χ0) is 15.7. The van der Waals surface area contributed by atoms with Gasteiger partial charge >= 0.3 is 5.97 Å². The Balaban J connectivity index is 2.44. The third-order valence-electron chi connectivity index (χ3n) is 3.10. The van der Waals surface area contributed by atoms with E-state index < -0.39 is 0 Å². The molecule has 0 N–H and O–H groups in total. The van der Waals surface area contributed by atoms with E-state index in [1.807, 2.05) is 24.6 Å². The van der Waals surface area contributed by atoms with Gasteiger partial charge in [0.2, 0.25) is 5.91 Å². The van der Waals surface area contributed by atoms with Crippen LogP contribution in [0.4, 0.5) is 0 Å². The van der Waals surface area contributed by atoms with Crippen LogP contribution in [0.1, 0.15) is 33.6 Å². The van der Waals surface area contributed by atoms with E-state index in [1.165, 1.54) is 0 Å². The number of carbonyl (C=O) groups excluding carboxylic acids is 2. The minimum Gasteiger partial charge on any atom is -0.466 e. The summed E-state index contributed by atoms with van der Waals surface area (Å²) < 4.78 is 6.88. The molecule has 21 heavy (non-hydrogen) atoms. The van der Waals surface area contributed by atoms with Crippen LogP contribution >= 0.6 is 0 Å². The van der Waals surface area contributed by atoms with Gasteiger partial charge in [0, 0.05) is 37.9 Å². The van der Waals surface area contributed by atoms with Crippen LogP contribution in [0, 0.1) is 5.92 Å². The minimum absolute atomic E-state index is 0.0690. The molecule has 0 saturated heterocycles. The van der Waals surface area contributed by atoms with Crippen molar-refractivity contribution in [2.45, 2.75) is 40.2 Å². The molecule has 0 unspecified atom stereocenters. The molecule has 1 rings (SSSR count). The highest BCUT2D eigenvalue weighted by Gasteiger charge is 2.18. The maximum atomic E-state index is 12.2. The van der Waals surface area contributed by atoms with Crippen molar-refractivity contribution >= 4 is 11.9 Å². The second-order valence-corrected chi connectivity index (χ2v) is 5.19. The number of carbonyl (C=O) groups is 2. The van der Waals surface area contributed by atoms with E-state index in [1.54, 1.807) is 24.3 Å². The maximum Gasteiger partial charge on any atom is 0.307 e. The lowest BCUT2D eigenvalue weighted by molar-refractivity contribution is -0.144. The number of rotatable bonds is 9. The highest BCUT2D eigenvalue weighted by atomic mass is 16.5. The first-order chi connectivity index (χ1) is 10.0. The van der Waals surface area contributed by atoms with Gasteiger partial charge in [0.05, 0.1) is 19.4 Å². The molecule has 0 spiro atoms. The molecule has 0 radical (unpaired) electrons. The van der Waals surface area contributed by atoms with Gasteiger partial charge < -0.3 is 14.2 Å². The summed E-state index contributed by atoms with van der Waals surface area (Å²) in [5.74, 6) is -0.251. The summed E-state index contributed by atoms with van der Waals surface area (Å²) in [5.41, 5.74) is 0. The third kappa shape index (κ3) is 6.42. The van der Waals surface area contributed by atoms with E-state index in [0.717, 1.165) is 13.0 Å². The summed E-state index contributed by atoms with van der Waals surface area (Å²) in [6.45, 7) is 7.75. The van der Waals surface area contributed by atoms with Crippen molar-refractivity contribution in [3.8, 4) is 0 Å². The van der Waals surface area contributed by atoms with Crippen LogP contribution in [0.25, 0.3) is 0 Å². The zero-order valence-electron chi connectivity index (χ0n) is 13.1. The van der Waals surface area contributed by atoms with Crippen molar-refractivity contribution in [2.24, 2.45) is 5.92 Å². The molecule has 0 atom stereocenters. The predicted octanol–water partition coefficient (Wildman–Crippen LogP) is 1.71. The Labute approximate surface area is 126 Å². The molecule has 1 heterocycles. The quantitative estimate of drug-likeness (QED) is 0.651. The Morgan fingerprint density at radius 2 is 2.10 bits per heavy atom. The van der Waals surface area contributed by atoms with E-state index in [2.05, 4.69) is 4.98 Å². The van der Waals surface area contributed by atoms with Gasteiger partial charge in [0.25, 0.3) is 0 Å². The van der Waals surface area contributed by atoms with Crippen molar-refractivity contribution in [1.82, 2.24) is 14.5 Å². The number of hydrogen-bond acceptors (Lipinski definition) is 4. The summed E-state index contributed by atoms with van der Waals surface area (Å²) in [4.78, 5) is 29.3. The van der Waals surface area contributed by atoms with Gasteiger partial charge in [-0.15, -0.1) is 0 Å². The highest BCUT2D eigenvalue weighted by Crippen LogP contribution is 2.05. The number of hydrogen-bond donors (Lipinski definition) is 0. The number of amides is 1. The fourth-order valence-electron chi connectivity index (χ4n) is 2.02. The second kappa shape index (κ2) is 9.15. The average molecular weight is 295 g/mol. The van der Waals surface area contributed by atoms with E-state index in [-0.39, 0.29) is 24.2 Å². The monoisotopic (exact) mass is 295 g/mol. The van der Waals surface area contributed by atoms with Gasteiger partial charge in [-0.25, -0.2) is 4.98 Å². The van der Waals surface area contributed by atoms with Crippen LogP contribution in [0.15, 0.2) is 18.7 Å². The molecule has 0 aliphatic rings. The summed E-state index contributed by atoms with van der Waals surface area (Å²) >= 11 is 0. The number of nitrogens with zero attached hydrogens (tertiary/aromatic N) is 3. The lowest BCUT2D eigenvalue weighted by Gasteiger charge is -2.24. The largest absolute Gasteiger partial charge is 0.466 e. The first-order valence-corrected chi connectivity index (χ1v) is 7.44. The van der Waals surface area contributed by atoms with Gasteiger partial charge in [-0.3, -0.25) is 9.59 Å². The molecule has 1 amide bonds. The van der Waals surface area contributed by atoms with Gasteiger partial charge in [0.1, 0.15) is 0 Å². The first kappa shape index (κ1) is 17.2. The normalized spacial score (nSPS) is 10.7. The Hall–Kier alpha value is -1.85. The van der Waals surface area contributed by atoms with Gasteiger partial charge in [0.15, 0.2) is 0 Å². The standard InChI is InChI=1S/C15H25N3O3/c1-4-21-14(19)6-10-18(15(20)13(2)3)9-5-8-17-11-7-16-12-17/h7,11-13H,4-6,8-10H2,1-3H3. The molecular weight excluding hydrogens is 270 g/mol. The first-order valence-electron chi connectivity index (χ1n) is 7.44. The van der Waals surface area contributed by atoms with Gasteiger partial charge in [-0.05, 0) is 13.3 Å². The molecule has 0 fully saturated rings. The number of ether oxygens (including phenoxy) is 1. The van der Waals surface area contributed by atoms with Crippen molar-refractivity contribution in [1.29, 1.82) is 0 Å². The smallest absolute Gasteiger partial charge is 0.307 e. The van der Waals surface area contributed by atoms with Crippen LogP contribution in [0.2, 0.25) is 0 Å². The van der Waals surface area contributed by atoms with Crippen LogP contribution in [0.3, 0.4) is 0 Å². The maximum absolute atomic E-state index is 12.2. The molecule has 1 aromatic rings. The van der Waals surface area contributed by atoms with Crippen molar-refractivity contribution in [3.63, 3.8) is 0 Å². The molecule has 0 aromatic carbocycles. The van der Waals surface area contributed by atoms with Gasteiger partial charge in [-0.1, -0.05) is 13.8 Å². The Kier molecular flexibility index (Phi) is 7.50. The third-order valence-corrected chi connectivity index (χ3v) is 3.10. The van der Waals surface area contributed by atoms with Crippen LogP contribution in [-0.4, -0.2) is 46.0 Å². The fourth-order valence-corrected chi connectivity index (χ4v) is 2.02. The predicted molar refractivity (Wildman–Crippen MR) is 79.5 cm³/mol. The summed E-state index contributed by atoms with van der Waals surface area (Å²) in [5, 5.41) is 0. The van der Waals surface area contributed by atoms with E-state index >= 15 is 0 Å². The zero-order valence-corrected chi connectivity index (χ0v) is 13.1. The van der Waals surface area contributed by atoms with Crippen molar-refractivity contribution < 1.29 is 14.3 Å². The molecule has 0 saturated carbocycles. The highest BCUT2D eigenvalue weighted by molar-refractivity contribution is 5.79. The summed E-state index contributed by atoms with van der Waals surface area (Å²) in [7, 11) is 0. The molecule has 0 aliphatic heterocycles. The Morgan fingerprint density at radius 1 is 1.33 bits per heavy atom. The van der Waals surface area contributed by atoms with E-state index in [4.69, 9.17) is 4.74 Å². The minimum atomic E-state index is -0.256. The molecule has 6 nitrogen and oxygen atoms in total. The topological polar surface area (TPSA) is 64.4 Å². The van der Waals surface area contributed by atoms with E-state index in [0.29, 0.717) is 19.7 Å². The molecular formula is C15H25N3O3. The second-order valence-electron chi connectivity index (χ2n) is 5.19. The van der Waals surface area contributed by atoms with Crippen molar-refractivity contribution in [3.05, 3.63) is 18.7 Å². The summed E-state index contributed by atoms with van der Waals surface area (Å²) in [6.07, 6.45) is 6.47. The Bertz CT molecular complexity index is 429. The average Bonchev–Trinajstić information content (AvgIpc) is 2.95. The Morgan fingerprint density at radius 3 is 2.67 bits per heavy atom. The van der Waals surface area contributed by atoms with Crippen LogP contribution in [-0.2, 0) is 20.9 Å². The number of aromatic nitrogens is 2. The number of aryl methyl sites for hydroxylation is 1. The van der Waals surface area contributed by atoms with Crippen molar-refractivity contribution in [2.75, 3.05) is 19.7 Å². The van der Waals surface area contributed by atoms with Gasteiger partial charge in [-0.2, -0.15) is 0 Å². The van der Waals surface area contributed by atoms with E-state index in [9.17, 15) is 9.59 Å². The molecule has 0 aliphatic carbocycles. The van der Waals surface area contributed by atoms with Crippen LogP contribution in [0.5, 0.6) is 0 Å². The SMILES string of the molecule is CCOC(=O)CCN(CCCn1ccnc1)C(=O)C(C)C. The fraction of sp³-hybridized carbons (Fsp3) is 0.667. The van der Waals surface area contributed by atoms with Crippen LogP contribution < -0.4 is 0 Å². The lowest BCUT2D eigenvalue weighted by Crippen LogP contribution is -2.37. The lowest BCUT2D eigenvalue weighted by atomic mass is 10.1. The number of imidazole rings is 1. The molecule has 6 heteroatoms. The molecule has 118 valence electrons.